The summed E-state index contributed by atoms with van der Waals surface area (Å²) in [6, 6.07) is 5.02. The molecule has 1 aliphatic heterocycles. The van der Waals surface area contributed by atoms with Gasteiger partial charge in [0.05, 0.1) is 13.2 Å². The first-order valence-electron chi connectivity index (χ1n) is 4.76. The first kappa shape index (κ1) is 11.6. The fourth-order valence-electron chi connectivity index (χ4n) is 0.948. The highest BCUT2D eigenvalue weighted by Crippen LogP contribution is 1.97. The zero-order valence-corrected chi connectivity index (χ0v) is 8.39. The largest absolute Gasteiger partial charge is 0.364 e. The fraction of sp³-hybridized carbons (Fsp3) is 0.400. The molecular formula is C10H14N2O3. The van der Waals surface area contributed by atoms with Crippen LogP contribution in [0.3, 0.4) is 0 Å². The van der Waals surface area contributed by atoms with Gasteiger partial charge in [0.1, 0.15) is 5.69 Å². The van der Waals surface area contributed by atoms with Gasteiger partial charge in [0.25, 0.3) is 5.91 Å². The molecule has 1 aromatic heterocycles. The number of nitrogens with zero attached hydrogens (tertiary/aromatic N) is 1. The fourth-order valence-corrected chi connectivity index (χ4v) is 0.948. The van der Waals surface area contributed by atoms with Crippen LogP contribution in [0.1, 0.15) is 23.3 Å². The van der Waals surface area contributed by atoms with E-state index in [1.54, 1.807) is 18.2 Å². The molecule has 5 nitrogen and oxygen atoms in total. The van der Waals surface area contributed by atoms with E-state index < -0.39 is 5.91 Å². The molecule has 1 fully saturated rings. The Bertz CT molecular complexity index is 274. The molecule has 1 aromatic rings. The molecular weight excluding hydrogens is 196 g/mol. The number of nitrogens with two attached hydrogens (primary N) is 1. The number of pyridine rings is 1. The number of aromatic nitrogens is 1. The maximum Gasteiger partial charge on any atom is 0.267 e. The lowest BCUT2D eigenvalue weighted by molar-refractivity contribution is -0.312. The topological polar surface area (TPSA) is 74.4 Å². The molecule has 82 valence electrons. The Hall–Kier alpha value is -1.46. The molecule has 0 unspecified atom stereocenters. The second kappa shape index (κ2) is 6.92. The molecule has 1 amide bonds. The van der Waals surface area contributed by atoms with Gasteiger partial charge in [-0.15, -0.1) is 0 Å². The predicted molar refractivity (Wildman–Crippen MR) is 53.9 cm³/mol. The summed E-state index contributed by atoms with van der Waals surface area (Å²) in [6.45, 7) is 1.56. The van der Waals surface area contributed by atoms with E-state index in [9.17, 15) is 4.79 Å². The SMILES string of the molecule is C1CCOOC1.NC(=O)c1ccccn1. The lowest BCUT2D eigenvalue weighted by atomic mass is 10.3. The zero-order valence-electron chi connectivity index (χ0n) is 8.39. The molecule has 2 rings (SSSR count). The maximum absolute atomic E-state index is 10.4. The maximum atomic E-state index is 10.4. The third kappa shape index (κ3) is 5.09. The van der Waals surface area contributed by atoms with Crippen molar-refractivity contribution in [3.05, 3.63) is 30.1 Å². The van der Waals surface area contributed by atoms with Crippen molar-refractivity contribution in [3.63, 3.8) is 0 Å². The van der Waals surface area contributed by atoms with E-state index in [4.69, 9.17) is 5.73 Å². The third-order valence-electron chi connectivity index (χ3n) is 1.71. The van der Waals surface area contributed by atoms with Crippen LogP contribution in [-0.2, 0) is 9.78 Å². The molecule has 0 atom stereocenters. The Morgan fingerprint density at radius 1 is 1.27 bits per heavy atom. The van der Waals surface area contributed by atoms with E-state index >= 15 is 0 Å². The number of amides is 1. The number of hydrogen-bond donors (Lipinski definition) is 1. The van der Waals surface area contributed by atoms with Crippen LogP contribution in [0.15, 0.2) is 24.4 Å². The van der Waals surface area contributed by atoms with Crippen LogP contribution in [0, 0.1) is 0 Å². The molecule has 2 N–H and O–H groups in total. The van der Waals surface area contributed by atoms with Gasteiger partial charge < -0.3 is 5.73 Å². The number of carbonyl (C=O) groups excluding carboxylic acids is 1. The van der Waals surface area contributed by atoms with Crippen LogP contribution in [0.4, 0.5) is 0 Å². The van der Waals surface area contributed by atoms with Gasteiger partial charge in [-0.1, -0.05) is 6.07 Å². The first-order chi connectivity index (χ1) is 7.30. The molecule has 5 heteroatoms. The number of rotatable bonds is 1. The molecule has 2 heterocycles. The highest BCUT2D eigenvalue weighted by molar-refractivity contribution is 5.90. The minimum Gasteiger partial charge on any atom is -0.364 e. The first-order valence-corrected chi connectivity index (χ1v) is 4.76. The Kier molecular flexibility index (Phi) is 5.35. The Balaban J connectivity index is 0.000000162. The second-order valence-electron chi connectivity index (χ2n) is 2.93. The van der Waals surface area contributed by atoms with E-state index in [-0.39, 0.29) is 0 Å². The average molecular weight is 210 g/mol. The molecule has 1 aliphatic rings. The van der Waals surface area contributed by atoms with Crippen molar-refractivity contribution in [2.24, 2.45) is 5.73 Å². The summed E-state index contributed by atoms with van der Waals surface area (Å²) in [5.41, 5.74) is 5.22. The van der Waals surface area contributed by atoms with Crippen molar-refractivity contribution >= 4 is 5.91 Å². The van der Waals surface area contributed by atoms with Gasteiger partial charge in [-0.05, 0) is 25.0 Å². The normalized spacial score (nSPS) is 14.9. The van der Waals surface area contributed by atoms with E-state index in [0.29, 0.717) is 5.69 Å². The van der Waals surface area contributed by atoms with Crippen LogP contribution in [0.5, 0.6) is 0 Å². The number of hydrogen-bond acceptors (Lipinski definition) is 4. The lowest BCUT2D eigenvalue weighted by Crippen LogP contribution is -2.12. The van der Waals surface area contributed by atoms with E-state index in [2.05, 4.69) is 14.8 Å². The van der Waals surface area contributed by atoms with Crippen LogP contribution >= 0.6 is 0 Å². The van der Waals surface area contributed by atoms with Gasteiger partial charge in [0.2, 0.25) is 0 Å². The van der Waals surface area contributed by atoms with Gasteiger partial charge in [-0.3, -0.25) is 9.78 Å². The molecule has 0 bridgehead atoms. The number of primary amides is 1. The van der Waals surface area contributed by atoms with Crippen LogP contribution in [-0.4, -0.2) is 24.1 Å². The van der Waals surface area contributed by atoms with Gasteiger partial charge in [0, 0.05) is 6.20 Å². The van der Waals surface area contributed by atoms with Crippen molar-refractivity contribution in [3.8, 4) is 0 Å². The Labute approximate surface area is 88.1 Å². The van der Waals surface area contributed by atoms with Crippen molar-refractivity contribution in [1.82, 2.24) is 4.98 Å². The molecule has 0 radical (unpaired) electrons. The van der Waals surface area contributed by atoms with Crippen LogP contribution in [0.25, 0.3) is 0 Å². The van der Waals surface area contributed by atoms with Crippen molar-refractivity contribution in [1.29, 1.82) is 0 Å². The summed E-state index contributed by atoms with van der Waals surface area (Å²) in [7, 11) is 0. The molecule has 0 saturated carbocycles. The minimum absolute atomic E-state index is 0.303. The van der Waals surface area contributed by atoms with E-state index in [1.807, 2.05) is 0 Å². The van der Waals surface area contributed by atoms with Crippen LogP contribution in [0.2, 0.25) is 0 Å². The monoisotopic (exact) mass is 210 g/mol. The summed E-state index contributed by atoms with van der Waals surface area (Å²) < 4.78 is 0. The predicted octanol–water partition coefficient (Wildman–Crippen LogP) is 0.909. The zero-order chi connectivity index (χ0) is 10.9. The quantitative estimate of drug-likeness (QED) is 0.699. The molecule has 0 spiro atoms. The van der Waals surface area contributed by atoms with Gasteiger partial charge in [-0.25, -0.2) is 9.78 Å². The summed E-state index contributed by atoms with van der Waals surface area (Å²) in [5, 5.41) is 0. The molecule has 1 saturated heterocycles. The van der Waals surface area contributed by atoms with Gasteiger partial charge >= 0.3 is 0 Å². The summed E-state index contributed by atoms with van der Waals surface area (Å²) in [5.74, 6) is -0.490. The summed E-state index contributed by atoms with van der Waals surface area (Å²) >= 11 is 0. The van der Waals surface area contributed by atoms with E-state index in [0.717, 1.165) is 26.1 Å². The molecule has 0 aliphatic carbocycles. The summed E-state index contributed by atoms with van der Waals surface area (Å²) in [4.78, 5) is 23.2. The standard InChI is InChI=1S/C6H6N2O.C4H8O2/c7-6(9)5-3-1-2-4-8-5;1-2-4-6-5-3-1/h1-4H,(H2,7,9);1-4H2. The Morgan fingerprint density at radius 3 is 2.20 bits per heavy atom. The highest BCUT2D eigenvalue weighted by Gasteiger charge is 1.96. The van der Waals surface area contributed by atoms with Gasteiger partial charge in [-0.2, -0.15) is 0 Å². The lowest BCUT2D eigenvalue weighted by Gasteiger charge is -2.07. The molecule has 0 aromatic carbocycles. The van der Waals surface area contributed by atoms with Crippen molar-refractivity contribution in [2.75, 3.05) is 13.2 Å². The number of carbonyl (C=O) groups is 1. The van der Waals surface area contributed by atoms with Gasteiger partial charge in [0.15, 0.2) is 0 Å². The smallest absolute Gasteiger partial charge is 0.267 e. The Morgan fingerprint density at radius 2 is 1.93 bits per heavy atom. The van der Waals surface area contributed by atoms with Crippen molar-refractivity contribution in [2.45, 2.75) is 12.8 Å². The molecule has 15 heavy (non-hydrogen) atoms. The van der Waals surface area contributed by atoms with E-state index in [1.165, 1.54) is 6.20 Å². The van der Waals surface area contributed by atoms with Crippen molar-refractivity contribution < 1.29 is 14.6 Å². The minimum atomic E-state index is -0.490. The summed E-state index contributed by atoms with van der Waals surface area (Å²) in [6.07, 6.45) is 3.83. The second-order valence-corrected chi connectivity index (χ2v) is 2.93. The third-order valence-corrected chi connectivity index (χ3v) is 1.71. The average Bonchev–Trinajstić information content (AvgIpc) is 2.33. The highest BCUT2D eigenvalue weighted by atomic mass is 17.2. The van der Waals surface area contributed by atoms with Crippen LogP contribution < -0.4 is 5.73 Å².